The van der Waals surface area contributed by atoms with E-state index in [2.05, 4.69) is 6.92 Å². The first-order chi connectivity index (χ1) is 2.41. The Balaban J connectivity index is 0. The summed E-state index contributed by atoms with van der Waals surface area (Å²) in [4.78, 5) is 0. The van der Waals surface area contributed by atoms with Gasteiger partial charge in [-0.15, -0.1) is 0 Å². The van der Waals surface area contributed by atoms with Crippen LogP contribution in [0.5, 0.6) is 0 Å². The normalized spacial score (nSPS) is 7.00. The minimum absolute atomic E-state index is 0. The summed E-state index contributed by atoms with van der Waals surface area (Å²) >= 11 is 0. The molecule has 0 aliphatic carbocycles. The van der Waals surface area contributed by atoms with Gasteiger partial charge in [0.1, 0.15) is 0 Å². The maximum atomic E-state index is 8.07. The molecule has 1 N–H and O–H groups in total. The molecule has 0 fully saturated rings. The minimum atomic E-state index is 0. The molecule has 2 radical (unpaired) electrons. The van der Waals surface area contributed by atoms with Crippen molar-refractivity contribution in [2.24, 2.45) is 0 Å². The van der Waals surface area contributed by atoms with Crippen molar-refractivity contribution in [2.75, 3.05) is 6.61 Å². The van der Waals surface area contributed by atoms with E-state index in [4.69, 9.17) is 5.11 Å². The molecule has 0 aliphatic heterocycles. The summed E-state index contributed by atoms with van der Waals surface area (Å²) in [5.41, 5.74) is 0. The van der Waals surface area contributed by atoms with E-state index in [0.717, 1.165) is 12.8 Å². The summed E-state index contributed by atoms with van der Waals surface area (Å²) in [7, 11) is 0. The van der Waals surface area contributed by atoms with Crippen molar-refractivity contribution < 1.29 is 5.11 Å². The largest absolute Gasteiger partial charge is 2.00 e. The Morgan fingerprint density at radius 1 is 1.50 bits per heavy atom. The fourth-order valence-electron chi connectivity index (χ4n) is 0.158. The predicted molar refractivity (Wildman–Crippen MR) is 27.7 cm³/mol. The molecular formula is C4H10OSn+2. The van der Waals surface area contributed by atoms with Gasteiger partial charge < -0.3 is 5.11 Å². The molecule has 0 amide bonds. The van der Waals surface area contributed by atoms with E-state index >= 15 is 0 Å². The molecule has 0 aliphatic rings. The molecule has 0 heterocycles. The molecular weight excluding hydrogens is 183 g/mol. The van der Waals surface area contributed by atoms with Crippen LogP contribution < -0.4 is 0 Å². The van der Waals surface area contributed by atoms with Gasteiger partial charge >= 0.3 is 23.9 Å². The van der Waals surface area contributed by atoms with E-state index in [1.54, 1.807) is 0 Å². The van der Waals surface area contributed by atoms with E-state index in [-0.39, 0.29) is 23.9 Å². The molecule has 0 saturated heterocycles. The van der Waals surface area contributed by atoms with Crippen molar-refractivity contribution in [1.82, 2.24) is 0 Å². The van der Waals surface area contributed by atoms with Crippen LogP contribution in [0, 0.1) is 0 Å². The SMILES string of the molecule is CCCCO.[Sn+2]. The molecule has 0 unspecified atom stereocenters. The molecule has 0 aromatic carbocycles. The molecule has 1 nitrogen and oxygen atoms in total. The van der Waals surface area contributed by atoms with Crippen LogP contribution in [0.4, 0.5) is 0 Å². The summed E-state index contributed by atoms with van der Waals surface area (Å²) in [5.74, 6) is 0. The zero-order valence-electron chi connectivity index (χ0n) is 4.07. The number of hydrogen-bond acceptors (Lipinski definition) is 1. The van der Waals surface area contributed by atoms with Crippen molar-refractivity contribution in [3.63, 3.8) is 0 Å². The summed E-state index contributed by atoms with van der Waals surface area (Å²) in [6.45, 7) is 2.40. The van der Waals surface area contributed by atoms with Crippen LogP contribution in [0.2, 0.25) is 0 Å². The van der Waals surface area contributed by atoms with Crippen molar-refractivity contribution in [3.8, 4) is 0 Å². The third kappa shape index (κ3) is 8.83. The first-order valence-corrected chi connectivity index (χ1v) is 2.02. The van der Waals surface area contributed by atoms with Crippen LogP contribution in [0.15, 0.2) is 0 Å². The fraction of sp³-hybridized carbons (Fsp3) is 1.00. The number of aliphatic hydroxyl groups is 1. The van der Waals surface area contributed by atoms with Gasteiger partial charge in [-0.05, 0) is 6.42 Å². The molecule has 2 heteroatoms. The molecule has 0 atom stereocenters. The zero-order chi connectivity index (χ0) is 4.12. The summed E-state index contributed by atoms with van der Waals surface area (Å²) in [6.07, 6.45) is 2.04. The van der Waals surface area contributed by atoms with Gasteiger partial charge in [-0.25, -0.2) is 0 Å². The van der Waals surface area contributed by atoms with Crippen LogP contribution in [0.1, 0.15) is 19.8 Å². The number of rotatable bonds is 2. The van der Waals surface area contributed by atoms with E-state index in [9.17, 15) is 0 Å². The topological polar surface area (TPSA) is 20.2 Å². The van der Waals surface area contributed by atoms with Crippen molar-refractivity contribution >= 4 is 23.9 Å². The molecule has 0 spiro atoms. The molecule has 0 bridgehead atoms. The number of hydrogen-bond donors (Lipinski definition) is 1. The number of unbranched alkanes of at least 4 members (excludes halogenated alkanes) is 1. The number of aliphatic hydroxyl groups excluding tert-OH is 1. The third-order valence-electron chi connectivity index (χ3n) is 0.512. The Kier molecular flexibility index (Phi) is 15.2. The Morgan fingerprint density at radius 3 is 2.00 bits per heavy atom. The average molecular weight is 193 g/mol. The van der Waals surface area contributed by atoms with Crippen molar-refractivity contribution in [3.05, 3.63) is 0 Å². The maximum Gasteiger partial charge on any atom is 2.00 e. The van der Waals surface area contributed by atoms with Crippen LogP contribution >= 0.6 is 0 Å². The smallest absolute Gasteiger partial charge is 0.396 e. The molecule has 0 aromatic heterocycles. The van der Waals surface area contributed by atoms with E-state index in [0.29, 0.717) is 6.61 Å². The van der Waals surface area contributed by atoms with Crippen molar-refractivity contribution in [2.45, 2.75) is 19.8 Å². The standard InChI is InChI=1S/C4H10O.Sn/c1-2-3-4-5;/h5H,2-4H2,1H3;/q;+2. The molecule has 0 rings (SSSR count). The molecule has 0 saturated carbocycles. The van der Waals surface area contributed by atoms with Gasteiger partial charge in [0.15, 0.2) is 0 Å². The third-order valence-corrected chi connectivity index (χ3v) is 0.512. The second-order valence-electron chi connectivity index (χ2n) is 1.08. The molecule has 0 aromatic rings. The van der Waals surface area contributed by atoms with Crippen LogP contribution in [0.3, 0.4) is 0 Å². The first-order valence-electron chi connectivity index (χ1n) is 2.02. The van der Waals surface area contributed by atoms with Gasteiger partial charge in [-0.3, -0.25) is 0 Å². The average Bonchev–Trinajstić information content (AvgIpc) is 1.41. The van der Waals surface area contributed by atoms with Gasteiger partial charge in [0.25, 0.3) is 0 Å². The van der Waals surface area contributed by atoms with Crippen molar-refractivity contribution in [1.29, 1.82) is 0 Å². The van der Waals surface area contributed by atoms with E-state index in [1.807, 2.05) is 0 Å². The fourth-order valence-corrected chi connectivity index (χ4v) is 0.158. The Bertz CT molecular complexity index is 15.0. The van der Waals surface area contributed by atoms with E-state index < -0.39 is 0 Å². The second-order valence-corrected chi connectivity index (χ2v) is 1.08. The monoisotopic (exact) mass is 194 g/mol. The van der Waals surface area contributed by atoms with Gasteiger partial charge in [0.2, 0.25) is 0 Å². The minimum Gasteiger partial charge on any atom is -0.396 e. The quantitative estimate of drug-likeness (QED) is 0.629. The summed E-state index contributed by atoms with van der Waals surface area (Å²) < 4.78 is 0. The van der Waals surface area contributed by atoms with Crippen LogP contribution in [-0.2, 0) is 0 Å². The van der Waals surface area contributed by atoms with Gasteiger partial charge in [-0.2, -0.15) is 0 Å². The zero-order valence-corrected chi connectivity index (χ0v) is 6.92. The van der Waals surface area contributed by atoms with Crippen LogP contribution in [0.25, 0.3) is 0 Å². The Morgan fingerprint density at radius 2 is 2.00 bits per heavy atom. The molecule has 34 valence electrons. The summed E-state index contributed by atoms with van der Waals surface area (Å²) in [5, 5.41) is 8.07. The first kappa shape index (κ1) is 9.90. The van der Waals surface area contributed by atoms with Crippen LogP contribution in [-0.4, -0.2) is 35.6 Å². The predicted octanol–water partition coefficient (Wildman–Crippen LogP) is 0.398. The van der Waals surface area contributed by atoms with E-state index in [1.165, 1.54) is 0 Å². The maximum absolute atomic E-state index is 8.07. The van der Waals surface area contributed by atoms with Gasteiger partial charge in [0.05, 0.1) is 0 Å². The summed E-state index contributed by atoms with van der Waals surface area (Å²) in [6, 6.07) is 0. The second kappa shape index (κ2) is 9.23. The molecule has 6 heavy (non-hydrogen) atoms. The van der Waals surface area contributed by atoms with Gasteiger partial charge in [-0.1, -0.05) is 13.3 Å². The Hall–Kier alpha value is 0.759. The Labute approximate surface area is 55.7 Å². The van der Waals surface area contributed by atoms with Gasteiger partial charge in [0, 0.05) is 6.61 Å².